The average Bonchev–Trinajstić information content (AvgIpc) is 1.82. The molecule has 0 aliphatic rings. The molecule has 1 atom stereocenters. The molecule has 0 saturated heterocycles. The second-order valence-electron chi connectivity index (χ2n) is 2.61. The monoisotopic (exact) mass is 179 g/mol. The minimum absolute atomic E-state index is 0.0906. The Balaban J connectivity index is 4.09. The van der Waals surface area contributed by atoms with Crippen molar-refractivity contribution < 1.29 is 13.2 Å². The van der Waals surface area contributed by atoms with Crippen LogP contribution in [0.4, 0.5) is 0 Å². The third-order valence-electron chi connectivity index (χ3n) is 1.25. The molecule has 11 heavy (non-hydrogen) atoms. The van der Waals surface area contributed by atoms with E-state index in [-0.39, 0.29) is 11.7 Å². The van der Waals surface area contributed by atoms with E-state index in [9.17, 15) is 13.2 Å². The van der Waals surface area contributed by atoms with Crippen LogP contribution in [0.5, 0.6) is 0 Å². The molecule has 5 heteroatoms. The summed E-state index contributed by atoms with van der Waals surface area (Å²) in [6.45, 7) is 1.58. The normalized spacial score (nSPS) is 14.1. The average molecular weight is 179 g/mol. The van der Waals surface area contributed by atoms with Crippen LogP contribution in [-0.2, 0) is 14.6 Å². The molecule has 0 bridgehead atoms. The van der Waals surface area contributed by atoms with Crippen LogP contribution in [0, 0.1) is 5.92 Å². The van der Waals surface area contributed by atoms with E-state index in [1.807, 2.05) is 0 Å². The fourth-order valence-corrected chi connectivity index (χ4v) is 1.84. The summed E-state index contributed by atoms with van der Waals surface area (Å²) in [5, 5.41) is 2.38. The maximum atomic E-state index is 10.8. The van der Waals surface area contributed by atoms with E-state index in [2.05, 4.69) is 5.32 Å². The number of carbonyl (C=O) groups is 1. The summed E-state index contributed by atoms with van der Waals surface area (Å²) in [6, 6.07) is 0. The minimum atomic E-state index is -3.04. The number of amides is 1. The third-order valence-corrected chi connectivity index (χ3v) is 2.35. The van der Waals surface area contributed by atoms with Crippen molar-refractivity contribution in [1.82, 2.24) is 5.32 Å². The number of carbonyl (C=O) groups excluding carboxylic acids is 1. The van der Waals surface area contributed by atoms with Crippen LogP contribution < -0.4 is 5.32 Å². The Kier molecular flexibility index (Phi) is 3.51. The quantitative estimate of drug-likeness (QED) is 0.630. The summed E-state index contributed by atoms with van der Waals surface area (Å²) >= 11 is 0. The highest BCUT2D eigenvalue weighted by Gasteiger charge is 2.16. The highest BCUT2D eigenvalue weighted by atomic mass is 32.2. The number of hydrogen-bond donors (Lipinski definition) is 1. The van der Waals surface area contributed by atoms with Gasteiger partial charge in [0.2, 0.25) is 5.91 Å². The highest BCUT2D eigenvalue weighted by Crippen LogP contribution is 1.98. The molecule has 0 saturated carbocycles. The molecule has 4 nitrogen and oxygen atoms in total. The molecular weight excluding hydrogens is 166 g/mol. The Bertz CT molecular complexity index is 232. The second kappa shape index (κ2) is 3.71. The van der Waals surface area contributed by atoms with Gasteiger partial charge in [0.15, 0.2) is 0 Å². The second-order valence-corrected chi connectivity index (χ2v) is 4.79. The zero-order chi connectivity index (χ0) is 9.07. The minimum Gasteiger partial charge on any atom is -0.359 e. The lowest BCUT2D eigenvalue weighted by Crippen LogP contribution is -2.30. The summed E-state index contributed by atoms with van der Waals surface area (Å²) in [7, 11) is -1.55. The van der Waals surface area contributed by atoms with Crippen molar-refractivity contribution in [2.45, 2.75) is 6.92 Å². The zero-order valence-corrected chi connectivity index (χ0v) is 7.73. The molecule has 0 aromatic rings. The molecule has 0 fully saturated rings. The molecule has 0 rings (SSSR count). The van der Waals surface area contributed by atoms with Crippen molar-refractivity contribution in [2.75, 3.05) is 19.1 Å². The van der Waals surface area contributed by atoms with Gasteiger partial charge in [-0.1, -0.05) is 6.92 Å². The lowest BCUT2D eigenvalue weighted by atomic mass is 10.2. The van der Waals surface area contributed by atoms with Crippen molar-refractivity contribution in [2.24, 2.45) is 5.92 Å². The van der Waals surface area contributed by atoms with E-state index >= 15 is 0 Å². The molecule has 0 spiro atoms. The van der Waals surface area contributed by atoms with E-state index in [1.54, 1.807) is 6.92 Å². The van der Waals surface area contributed by atoms with Gasteiger partial charge in [-0.2, -0.15) is 0 Å². The maximum absolute atomic E-state index is 10.8. The van der Waals surface area contributed by atoms with E-state index < -0.39 is 15.8 Å². The van der Waals surface area contributed by atoms with Gasteiger partial charge >= 0.3 is 0 Å². The summed E-state index contributed by atoms with van der Waals surface area (Å²) in [5.74, 6) is -0.794. The first-order chi connectivity index (χ1) is 4.87. The smallest absolute Gasteiger partial charge is 0.223 e. The van der Waals surface area contributed by atoms with Crippen LogP contribution in [0.3, 0.4) is 0 Å². The fraction of sp³-hybridized carbons (Fsp3) is 0.833. The number of nitrogens with one attached hydrogen (secondary N) is 1. The van der Waals surface area contributed by atoms with Gasteiger partial charge in [-0.3, -0.25) is 4.79 Å². The van der Waals surface area contributed by atoms with Crippen molar-refractivity contribution in [1.29, 1.82) is 0 Å². The Morgan fingerprint density at radius 3 is 2.27 bits per heavy atom. The van der Waals surface area contributed by atoms with Gasteiger partial charge < -0.3 is 5.32 Å². The van der Waals surface area contributed by atoms with Crippen molar-refractivity contribution in [3.05, 3.63) is 0 Å². The van der Waals surface area contributed by atoms with Crippen LogP contribution in [0.1, 0.15) is 6.92 Å². The summed E-state index contributed by atoms with van der Waals surface area (Å²) < 4.78 is 21.4. The molecule has 66 valence electrons. The fourth-order valence-electron chi connectivity index (χ4n) is 0.776. The van der Waals surface area contributed by atoms with Gasteiger partial charge in [0.05, 0.1) is 5.75 Å². The van der Waals surface area contributed by atoms with Crippen molar-refractivity contribution >= 4 is 15.7 Å². The number of sulfone groups is 1. The van der Waals surface area contributed by atoms with E-state index in [0.29, 0.717) is 0 Å². The first-order valence-electron chi connectivity index (χ1n) is 3.26. The van der Waals surface area contributed by atoms with Crippen molar-refractivity contribution in [3.8, 4) is 0 Å². The van der Waals surface area contributed by atoms with Gasteiger partial charge in [0.1, 0.15) is 9.84 Å². The summed E-state index contributed by atoms with van der Waals surface area (Å²) in [6.07, 6.45) is 1.12. The highest BCUT2D eigenvalue weighted by molar-refractivity contribution is 7.90. The lowest BCUT2D eigenvalue weighted by Gasteiger charge is -2.06. The molecule has 0 heterocycles. The maximum Gasteiger partial charge on any atom is 0.223 e. The van der Waals surface area contributed by atoms with Crippen molar-refractivity contribution in [3.63, 3.8) is 0 Å². The Morgan fingerprint density at radius 2 is 2.00 bits per heavy atom. The molecule has 0 aromatic heterocycles. The number of hydrogen-bond acceptors (Lipinski definition) is 3. The van der Waals surface area contributed by atoms with Crippen LogP contribution in [0.25, 0.3) is 0 Å². The van der Waals surface area contributed by atoms with Crippen LogP contribution in [0.15, 0.2) is 0 Å². The van der Waals surface area contributed by atoms with E-state index in [1.165, 1.54) is 7.05 Å². The third kappa shape index (κ3) is 4.78. The lowest BCUT2D eigenvalue weighted by molar-refractivity contribution is -0.123. The SMILES string of the molecule is CNC(=O)C(C)CS(C)(=O)=O. The Morgan fingerprint density at radius 1 is 1.55 bits per heavy atom. The first kappa shape index (κ1) is 10.4. The summed E-state index contributed by atoms with van der Waals surface area (Å²) in [4.78, 5) is 10.8. The topological polar surface area (TPSA) is 63.2 Å². The molecular formula is C6H13NO3S. The molecule has 1 amide bonds. The predicted molar refractivity (Wildman–Crippen MR) is 42.9 cm³/mol. The van der Waals surface area contributed by atoms with Gasteiger partial charge in [0.25, 0.3) is 0 Å². The predicted octanol–water partition coefficient (Wildman–Crippen LogP) is -0.587. The standard InChI is InChI=1S/C6H13NO3S/c1-5(6(8)7-2)4-11(3,9)10/h5H,4H2,1-3H3,(H,7,8). The van der Waals surface area contributed by atoms with Crippen LogP contribution in [-0.4, -0.2) is 33.4 Å². The summed E-state index contributed by atoms with van der Waals surface area (Å²) in [5.41, 5.74) is 0. The molecule has 0 aromatic carbocycles. The molecule has 0 aliphatic carbocycles. The number of rotatable bonds is 3. The largest absolute Gasteiger partial charge is 0.359 e. The Labute approximate surface area is 66.9 Å². The molecule has 1 unspecified atom stereocenters. The zero-order valence-electron chi connectivity index (χ0n) is 6.92. The van der Waals surface area contributed by atoms with Crippen LogP contribution >= 0.6 is 0 Å². The van der Waals surface area contributed by atoms with Crippen LogP contribution in [0.2, 0.25) is 0 Å². The van der Waals surface area contributed by atoms with Gasteiger partial charge in [-0.05, 0) is 0 Å². The molecule has 0 radical (unpaired) electrons. The first-order valence-corrected chi connectivity index (χ1v) is 5.32. The van der Waals surface area contributed by atoms with Gasteiger partial charge in [-0.25, -0.2) is 8.42 Å². The Hall–Kier alpha value is -0.580. The molecule has 1 N–H and O–H groups in total. The molecule has 0 aliphatic heterocycles. The van der Waals surface area contributed by atoms with E-state index in [0.717, 1.165) is 6.26 Å². The van der Waals surface area contributed by atoms with E-state index in [4.69, 9.17) is 0 Å². The van der Waals surface area contributed by atoms with Gasteiger partial charge in [0, 0.05) is 19.2 Å². The van der Waals surface area contributed by atoms with Gasteiger partial charge in [-0.15, -0.1) is 0 Å².